The van der Waals surface area contributed by atoms with E-state index in [4.69, 9.17) is 12.2 Å². The van der Waals surface area contributed by atoms with Crippen molar-refractivity contribution in [1.29, 1.82) is 0 Å². The number of halogens is 1. The summed E-state index contributed by atoms with van der Waals surface area (Å²) in [6, 6.07) is 9.64. The topological polar surface area (TPSA) is 28.7 Å². The number of rotatable bonds is 1. The SMILES string of the molecule is S=c1ccnc(-c2ccccc2Br)[nH]1. The first-order valence-corrected chi connectivity index (χ1v) is 5.28. The molecule has 70 valence electrons. The van der Waals surface area contributed by atoms with Gasteiger partial charge in [-0.3, -0.25) is 0 Å². The second kappa shape index (κ2) is 4.02. The van der Waals surface area contributed by atoms with Crippen LogP contribution in [0.5, 0.6) is 0 Å². The molecule has 0 fully saturated rings. The normalized spacial score (nSPS) is 10.1. The van der Waals surface area contributed by atoms with Gasteiger partial charge in [0.05, 0.1) is 0 Å². The maximum atomic E-state index is 5.03. The molecule has 0 spiro atoms. The number of nitrogens with zero attached hydrogens (tertiary/aromatic N) is 1. The molecule has 4 heteroatoms. The predicted octanol–water partition coefficient (Wildman–Crippen LogP) is 3.57. The van der Waals surface area contributed by atoms with Crippen LogP contribution in [0.4, 0.5) is 0 Å². The van der Waals surface area contributed by atoms with Crippen LogP contribution >= 0.6 is 28.1 Å². The van der Waals surface area contributed by atoms with Crippen LogP contribution in [-0.2, 0) is 0 Å². The summed E-state index contributed by atoms with van der Waals surface area (Å²) in [4.78, 5) is 7.26. The molecule has 1 aromatic carbocycles. The van der Waals surface area contributed by atoms with Crippen molar-refractivity contribution in [2.75, 3.05) is 0 Å². The molecule has 0 aliphatic carbocycles. The van der Waals surface area contributed by atoms with Crippen molar-refractivity contribution >= 4 is 28.1 Å². The molecule has 0 unspecified atom stereocenters. The van der Waals surface area contributed by atoms with E-state index < -0.39 is 0 Å². The maximum absolute atomic E-state index is 5.03. The minimum Gasteiger partial charge on any atom is -0.331 e. The zero-order valence-corrected chi connectivity index (χ0v) is 9.60. The Balaban J connectivity index is 2.61. The fourth-order valence-corrected chi connectivity index (χ4v) is 1.79. The number of H-pyrrole nitrogens is 1. The first-order valence-electron chi connectivity index (χ1n) is 4.07. The summed E-state index contributed by atoms with van der Waals surface area (Å²) >= 11 is 8.50. The Morgan fingerprint density at radius 3 is 2.71 bits per heavy atom. The molecule has 1 N–H and O–H groups in total. The van der Waals surface area contributed by atoms with E-state index in [9.17, 15) is 0 Å². The molecule has 0 bridgehead atoms. The van der Waals surface area contributed by atoms with Crippen molar-refractivity contribution in [2.45, 2.75) is 0 Å². The van der Waals surface area contributed by atoms with Gasteiger partial charge in [-0.1, -0.05) is 46.3 Å². The van der Waals surface area contributed by atoms with Crippen molar-refractivity contribution in [2.24, 2.45) is 0 Å². The van der Waals surface area contributed by atoms with E-state index in [-0.39, 0.29) is 0 Å². The number of hydrogen-bond acceptors (Lipinski definition) is 2. The summed E-state index contributed by atoms with van der Waals surface area (Å²) in [6.07, 6.45) is 1.70. The average Bonchev–Trinajstić information content (AvgIpc) is 2.18. The van der Waals surface area contributed by atoms with Gasteiger partial charge in [-0.2, -0.15) is 0 Å². The molecule has 0 amide bonds. The zero-order valence-electron chi connectivity index (χ0n) is 7.20. The summed E-state index contributed by atoms with van der Waals surface area (Å²) in [5.41, 5.74) is 1.01. The Kier molecular flexibility index (Phi) is 2.74. The second-order valence-corrected chi connectivity index (χ2v) is 4.06. The van der Waals surface area contributed by atoms with Gasteiger partial charge in [-0.25, -0.2) is 4.98 Å². The molecule has 0 saturated heterocycles. The lowest BCUT2D eigenvalue weighted by atomic mass is 10.2. The Morgan fingerprint density at radius 2 is 2.00 bits per heavy atom. The van der Waals surface area contributed by atoms with Gasteiger partial charge in [0.15, 0.2) is 0 Å². The van der Waals surface area contributed by atoms with Crippen LogP contribution in [0.15, 0.2) is 41.0 Å². The van der Waals surface area contributed by atoms with Gasteiger partial charge < -0.3 is 4.98 Å². The molecular formula is C10H7BrN2S. The van der Waals surface area contributed by atoms with Gasteiger partial charge in [0.2, 0.25) is 0 Å². The third-order valence-electron chi connectivity index (χ3n) is 1.80. The quantitative estimate of drug-likeness (QED) is 0.800. The highest BCUT2D eigenvalue weighted by Crippen LogP contribution is 2.24. The smallest absolute Gasteiger partial charge is 0.139 e. The molecule has 1 heterocycles. The van der Waals surface area contributed by atoms with Crippen LogP contribution in [0.25, 0.3) is 11.4 Å². The minimum atomic E-state index is 0.686. The van der Waals surface area contributed by atoms with Crippen molar-refractivity contribution in [3.05, 3.63) is 45.6 Å². The van der Waals surface area contributed by atoms with Crippen molar-refractivity contribution in [1.82, 2.24) is 9.97 Å². The summed E-state index contributed by atoms with van der Waals surface area (Å²) < 4.78 is 1.69. The van der Waals surface area contributed by atoms with Crippen molar-refractivity contribution in [3.63, 3.8) is 0 Å². The highest BCUT2D eigenvalue weighted by atomic mass is 79.9. The van der Waals surface area contributed by atoms with Gasteiger partial charge in [-0.05, 0) is 12.1 Å². The largest absolute Gasteiger partial charge is 0.331 e. The number of hydrogen-bond donors (Lipinski definition) is 1. The van der Waals surface area contributed by atoms with Crippen molar-refractivity contribution < 1.29 is 0 Å². The van der Waals surface area contributed by atoms with Crippen molar-refractivity contribution in [3.8, 4) is 11.4 Å². The molecule has 2 aromatic rings. The van der Waals surface area contributed by atoms with E-state index in [2.05, 4.69) is 25.9 Å². The summed E-state index contributed by atoms with van der Waals surface area (Å²) in [6.45, 7) is 0. The lowest BCUT2D eigenvalue weighted by molar-refractivity contribution is 1.16. The second-order valence-electron chi connectivity index (χ2n) is 2.76. The monoisotopic (exact) mass is 266 g/mol. The summed E-state index contributed by atoms with van der Waals surface area (Å²) in [5, 5.41) is 0. The molecule has 2 nitrogen and oxygen atoms in total. The first kappa shape index (κ1) is 9.55. The fourth-order valence-electron chi connectivity index (χ4n) is 1.16. The molecule has 0 atom stereocenters. The molecule has 0 aliphatic heterocycles. The van der Waals surface area contributed by atoms with E-state index in [0.717, 1.165) is 15.9 Å². The highest BCUT2D eigenvalue weighted by molar-refractivity contribution is 9.10. The van der Waals surface area contributed by atoms with E-state index in [1.807, 2.05) is 24.3 Å². The average molecular weight is 267 g/mol. The van der Waals surface area contributed by atoms with E-state index in [1.54, 1.807) is 12.3 Å². The van der Waals surface area contributed by atoms with Crippen LogP contribution in [0.1, 0.15) is 0 Å². The van der Waals surface area contributed by atoms with Gasteiger partial charge in [0, 0.05) is 16.2 Å². The fraction of sp³-hybridized carbons (Fsp3) is 0. The molecule has 2 rings (SSSR count). The number of aromatic amines is 1. The molecule has 0 saturated carbocycles. The van der Waals surface area contributed by atoms with Crippen LogP contribution in [0.2, 0.25) is 0 Å². The third-order valence-corrected chi connectivity index (χ3v) is 2.73. The Labute approximate surface area is 95.2 Å². The first-order chi connectivity index (χ1) is 6.77. The lowest BCUT2D eigenvalue weighted by Crippen LogP contribution is -1.88. The van der Waals surface area contributed by atoms with E-state index >= 15 is 0 Å². The standard InChI is InChI=1S/C10H7BrN2S/c11-8-4-2-1-3-7(8)10-12-6-5-9(14)13-10/h1-6H,(H,12,13,14). The lowest BCUT2D eigenvalue weighted by Gasteiger charge is -2.02. The van der Waals surface area contributed by atoms with Crippen LogP contribution < -0.4 is 0 Å². The van der Waals surface area contributed by atoms with Crippen LogP contribution in [0.3, 0.4) is 0 Å². The van der Waals surface area contributed by atoms with Gasteiger partial charge >= 0.3 is 0 Å². The maximum Gasteiger partial charge on any atom is 0.139 e. The van der Waals surface area contributed by atoms with Crippen LogP contribution in [0, 0.1) is 4.64 Å². The Bertz CT molecular complexity index is 507. The van der Waals surface area contributed by atoms with E-state index in [1.165, 1.54) is 0 Å². The van der Waals surface area contributed by atoms with Crippen LogP contribution in [-0.4, -0.2) is 9.97 Å². The molecule has 14 heavy (non-hydrogen) atoms. The Morgan fingerprint density at radius 1 is 1.21 bits per heavy atom. The summed E-state index contributed by atoms with van der Waals surface area (Å²) in [7, 11) is 0. The van der Waals surface area contributed by atoms with Gasteiger partial charge in [-0.15, -0.1) is 0 Å². The number of benzene rings is 1. The van der Waals surface area contributed by atoms with Gasteiger partial charge in [0.25, 0.3) is 0 Å². The predicted molar refractivity (Wildman–Crippen MR) is 62.6 cm³/mol. The molecular weight excluding hydrogens is 260 g/mol. The van der Waals surface area contributed by atoms with Gasteiger partial charge in [0.1, 0.15) is 10.5 Å². The third kappa shape index (κ3) is 1.91. The molecule has 0 radical (unpaired) electrons. The van der Waals surface area contributed by atoms with E-state index in [0.29, 0.717) is 4.64 Å². The minimum absolute atomic E-state index is 0.686. The molecule has 1 aromatic heterocycles. The highest BCUT2D eigenvalue weighted by Gasteiger charge is 2.02. The Hall–Kier alpha value is -1.000. The number of aromatic nitrogens is 2. The summed E-state index contributed by atoms with van der Waals surface area (Å²) in [5.74, 6) is 0.782. The zero-order chi connectivity index (χ0) is 9.97. The molecule has 0 aliphatic rings. The number of nitrogens with one attached hydrogen (secondary N) is 1.